The van der Waals surface area contributed by atoms with Crippen molar-refractivity contribution in [1.82, 2.24) is 14.7 Å². The maximum Gasteiger partial charge on any atom is 0.269 e. The second-order valence-corrected chi connectivity index (χ2v) is 4.67. The van der Waals surface area contributed by atoms with Crippen LogP contribution in [0.1, 0.15) is 21.6 Å². The molecule has 0 bridgehead atoms. The minimum atomic E-state index is -0.119. The molecule has 0 unspecified atom stereocenters. The van der Waals surface area contributed by atoms with Crippen molar-refractivity contribution in [3.05, 3.63) is 59.9 Å². The Kier molecular flexibility index (Phi) is 3.25. The molecule has 5 nitrogen and oxygen atoms in total. The Bertz CT molecular complexity index is 729. The normalized spacial score (nSPS) is 10.8. The average molecular weight is 269 g/mol. The first-order valence-corrected chi connectivity index (χ1v) is 6.47. The van der Waals surface area contributed by atoms with Crippen LogP contribution in [0, 0.1) is 6.92 Å². The molecule has 0 fully saturated rings. The number of furan rings is 1. The lowest BCUT2D eigenvalue weighted by molar-refractivity contribution is 0.0948. The number of imidazole rings is 1. The Morgan fingerprint density at radius 1 is 1.45 bits per heavy atom. The molecule has 5 heteroatoms. The predicted octanol–water partition coefficient (Wildman–Crippen LogP) is 2.21. The molecule has 0 saturated carbocycles. The first-order chi connectivity index (χ1) is 9.75. The van der Waals surface area contributed by atoms with Crippen LogP contribution in [0.3, 0.4) is 0 Å². The molecule has 0 aromatic carbocycles. The van der Waals surface area contributed by atoms with E-state index in [4.69, 9.17) is 4.42 Å². The highest BCUT2D eigenvalue weighted by atomic mass is 16.3. The van der Waals surface area contributed by atoms with Crippen LogP contribution in [-0.2, 0) is 6.42 Å². The van der Waals surface area contributed by atoms with Crippen LogP contribution >= 0.6 is 0 Å². The Balaban J connectivity index is 1.71. The number of rotatable bonds is 4. The number of aromatic nitrogens is 2. The summed E-state index contributed by atoms with van der Waals surface area (Å²) in [4.78, 5) is 16.4. The van der Waals surface area contributed by atoms with Crippen molar-refractivity contribution >= 4 is 11.6 Å². The van der Waals surface area contributed by atoms with Crippen molar-refractivity contribution in [1.29, 1.82) is 0 Å². The van der Waals surface area contributed by atoms with Gasteiger partial charge in [-0.1, -0.05) is 6.07 Å². The van der Waals surface area contributed by atoms with Gasteiger partial charge in [-0.2, -0.15) is 0 Å². The summed E-state index contributed by atoms with van der Waals surface area (Å²) in [5, 5.41) is 2.89. The van der Waals surface area contributed by atoms with Gasteiger partial charge >= 0.3 is 0 Å². The molecule has 0 aliphatic carbocycles. The molecule has 3 heterocycles. The zero-order valence-corrected chi connectivity index (χ0v) is 11.2. The van der Waals surface area contributed by atoms with E-state index in [9.17, 15) is 4.79 Å². The number of fused-ring (bicyclic) bond motifs is 1. The quantitative estimate of drug-likeness (QED) is 0.790. The van der Waals surface area contributed by atoms with Crippen LogP contribution in [0.5, 0.6) is 0 Å². The molecule has 1 amide bonds. The number of amides is 1. The SMILES string of the molecule is Cc1cccn2c(C(=O)NCCc3ccoc3)cnc12. The van der Waals surface area contributed by atoms with Crippen LogP contribution in [0.4, 0.5) is 0 Å². The topological polar surface area (TPSA) is 59.5 Å². The fourth-order valence-electron chi connectivity index (χ4n) is 2.17. The lowest BCUT2D eigenvalue weighted by Gasteiger charge is -2.04. The molecule has 3 aromatic rings. The summed E-state index contributed by atoms with van der Waals surface area (Å²) in [5.74, 6) is -0.119. The molecule has 1 N–H and O–H groups in total. The van der Waals surface area contributed by atoms with E-state index in [0.717, 1.165) is 23.2 Å². The van der Waals surface area contributed by atoms with Gasteiger partial charge in [-0.15, -0.1) is 0 Å². The molecule has 0 aliphatic heterocycles. The van der Waals surface area contributed by atoms with E-state index < -0.39 is 0 Å². The van der Waals surface area contributed by atoms with E-state index in [2.05, 4.69) is 10.3 Å². The van der Waals surface area contributed by atoms with Gasteiger partial charge in [0.05, 0.1) is 18.7 Å². The first kappa shape index (κ1) is 12.5. The van der Waals surface area contributed by atoms with E-state index in [1.165, 1.54) is 0 Å². The molecular formula is C15H15N3O2. The Hall–Kier alpha value is -2.56. The van der Waals surface area contributed by atoms with E-state index in [1.807, 2.05) is 35.7 Å². The molecule has 3 rings (SSSR count). The molecule has 3 aromatic heterocycles. The molecule has 20 heavy (non-hydrogen) atoms. The van der Waals surface area contributed by atoms with Crippen LogP contribution < -0.4 is 5.32 Å². The summed E-state index contributed by atoms with van der Waals surface area (Å²) in [5.41, 5.74) is 3.48. The third kappa shape index (κ3) is 2.30. The first-order valence-electron chi connectivity index (χ1n) is 6.47. The van der Waals surface area contributed by atoms with Crippen LogP contribution in [0.2, 0.25) is 0 Å². The number of pyridine rings is 1. The fraction of sp³-hybridized carbons (Fsp3) is 0.200. The molecule has 0 saturated heterocycles. The van der Waals surface area contributed by atoms with E-state index in [0.29, 0.717) is 12.2 Å². The Labute approximate surface area is 116 Å². The van der Waals surface area contributed by atoms with Gasteiger partial charge in [0.15, 0.2) is 0 Å². The highest BCUT2D eigenvalue weighted by Gasteiger charge is 2.12. The second-order valence-electron chi connectivity index (χ2n) is 4.67. The third-order valence-electron chi connectivity index (χ3n) is 3.24. The van der Waals surface area contributed by atoms with Crippen molar-refractivity contribution in [2.45, 2.75) is 13.3 Å². The van der Waals surface area contributed by atoms with Gasteiger partial charge in [-0.3, -0.25) is 9.20 Å². The summed E-state index contributed by atoms with van der Waals surface area (Å²) in [6.45, 7) is 2.54. The van der Waals surface area contributed by atoms with Gasteiger partial charge in [-0.25, -0.2) is 4.98 Å². The number of nitrogens with one attached hydrogen (secondary N) is 1. The zero-order valence-electron chi connectivity index (χ0n) is 11.2. The van der Waals surface area contributed by atoms with Crippen molar-refractivity contribution in [2.75, 3.05) is 6.54 Å². The standard InChI is InChI=1S/C15H15N3O2/c1-11-3-2-7-18-13(9-17-14(11)18)15(19)16-6-4-12-5-8-20-10-12/h2-3,5,7-10H,4,6H2,1H3,(H,16,19). The smallest absolute Gasteiger partial charge is 0.269 e. The number of carbonyl (C=O) groups is 1. The summed E-state index contributed by atoms with van der Waals surface area (Å²) in [7, 11) is 0. The number of hydrogen-bond acceptors (Lipinski definition) is 3. The maximum absolute atomic E-state index is 12.2. The predicted molar refractivity (Wildman–Crippen MR) is 74.7 cm³/mol. The van der Waals surface area contributed by atoms with Crippen molar-refractivity contribution < 1.29 is 9.21 Å². The fourth-order valence-corrected chi connectivity index (χ4v) is 2.17. The highest BCUT2D eigenvalue weighted by Crippen LogP contribution is 2.10. The number of aryl methyl sites for hydroxylation is 1. The molecule has 0 aliphatic rings. The molecule has 0 atom stereocenters. The van der Waals surface area contributed by atoms with E-state index >= 15 is 0 Å². The van der Waals surface area contributed by atoms with E-state index in [1.54, 1.807) is 18.7 Å². The van der Waals surface area contributed by atoms with Crippen LogP contribution in [0.15, 0.2) is 47.5 Å². The highest BCUT2D eigenvalue weighted by molar-refractivity contribution is 5.93. The minimum absolute atomic E-state index is 0.119. The number of nitrogens with zero attached hydrogens (tertiary/aromatic N) is 2. The Morgan fingerprint density at radius 3 is 3.15 bits per heavy atom. The average Bonchev–Trinajstić information content (AvgIpc) is 3.08. The number of hydrogen-bond donors (Lipinski definition) is 1. The Morgan fingerprint density at radius 2 is 2.35 bits per heavy atom. The van der Waals surface area contributed by atoms with Crippen LogP contribution in [0.25, 0.3) is 5.65 Å². The maximum atomic E-state index is 12.2. The summed E-state index contributed by atoms with van der Waals surface area (Å²) in [6, 6.07) is 5.78. The lowest BCUT2D eigenvalue weighted by Crippen LogP contribution is -2.26. The van der Waals surface area contributed by atoms with Gasteiger partial charge in [0.1, 0.15) is 11.3 Å². The van der Waals surface area contributed by atoms with Gasteiger partial charge in [0.2, 0.25) is 0 Å². The molecule has 0 spiro atoms. The zero-order chi connectivity index (χ0) is 13.9. The van der Waals surface area contributed by atoms with Crippen molar-refractivity contribution in [2.24, 2.45) is 0 Å². The van der Waals surface area contributed by atoms with Gasteiger partial charge in [0.25, 0.3) is 5.91 Å². The monoisotopic (exact) mass is 269 g/mol. The number of carbonyl (C=O) groups excluding carboxylic acids is 1. The second kappa shape index (κ2) is 5.21. The molecule has 102 valence electrons. The summed E-state index contributed by atoms with van der Waals surface area (Å²) in [6.07, 6.45) is 7.52. The van der Waals surface area contributed by atoms with Crippen molar-refractivity contribution in [3.63, 3.8) is 0 Å². The third-order valence-corrected chi connectivity index (χ3v) is 3.24. The lowest BCUT2D eigenvalue weighted by atomic mass is 10.2. The summed E-state index contributed by atoms with van der Waals surface area (Å²) < 4.78 is 6.80. The molecular weight excluding hydrogens is 254 g/mol. The van der Waals surface area contributed by atoms with Gasteiger partial charge < -0.3 is 9.73 Å². The van der Waals surface area contributed by atoms with Gasteiger partial charge in [0, 0.05) is 12.7 Å². The minimum Gasteiger partial charge on any atom is -0.472 e. The van der Waals surface area contributed by atoms with Gasteiger partial charge in [-0.05, 0) is 36.6 Å². The van der Waals surface area contributed by atoms with Crippen molar-refractivity contribution in [3.8, 4) is 0 Å². The largest absolute Gasteiger partial charge is 0.472 e. The summed E-state index contributed by atoms with van der Waals surface area (Å²) >= 11 is 0. The van der Waals surface area contributed by atoms with E-state index in [-0.39, 0.29) is 5.91 Å². The molecule has 0 radical (unpaired) electrons. The van der Waals surface area contributed by atoms with Crippen LogP contribution in [-0.4, -0.2) is 21.8 Å².